The van der Waals surface area contributed by atoms with Gasteiger partial charge in [0, 0.05) is 6.04 Å². The molecule has 0 radical (unpaired) electrons. The molecule has 0 saturated heterocycles. The molecule has 2 heteroatoms. The van der Waals surface area contributed by atoms with Crippen LogP contribution in [0.2, 0.25) is 0 Å². The minimum Gasteiger partial charge on any atom is -0.388 e. The predicted molar refractivity (Wildman–Crippen MR) is 63.7 cm³/mol. The molecule has 2 nitrogen and oxygen atoms in total. The molecule has 1 atom stereocenters. The summed E-state index contributed by atoms with van der Waals surface area (Å²) in [6.07, 6.45) is 2.15. The molecule has 0 bridgehead atoms. The summed E-state index contributed by atoms with van der Waals surface area (Å²) in [5.74, 6) is 0. The zero-order chi connectivity index (χ0) is 11.3. The summed E-state index contributed by atoms with van der Waals surface area (Å²) >= 11 is 0. The Kier molecular flexibility index (Phi) is 4.30. The predicted octanol–water partition coefficient (Wildman–Crippen LogP) is 2.11. The fraction of sp³-hybridized carbons (Fsp3) is 0.538. The van der Waals surface area contributed by atoms with Gasteiger partial charge in [-0.1, -0.05) is 44.2 Å². The monoisotopic (exact) mass is 207 g/mol. The number of aliphatic hydroxyl groups is 1. The quantitative estimate of drug-likeness (QED) is 0.776. The van der Waals surface area contributed by atoms with Crippen molar-refractivity contribution in [3.05, 3.63) is 35.9 Å². The fourth-order valence-corrected chi connectivity index (χ4v) is 1.83. The summed E-state index contributed by atoms with van der Waals surface area (Å²) in [5.41, 5.74) is 6.51. The van der Waals surface area contributed by atoms with E-state index in [0.717, 1.165) is 6.42 Å². The molecule has 0 aromatic heterocycles. The van der Waals surface area contributed by atoms with Crippen molar-refractivity contribution in [1.82, 2.24) is 0 Å². The Labute approximate surface area is 92.1 Å². The highest BCUT2D eigenvalue weighted by Crippen LogP contribution is 2.20. The Bertz CT molecular complexity index is 280. The molecule has 0 spiro atoms. The SMILES string of the molecule is CCC(O)(CC)C(N)Cc1ccccc1. The number of rotatable bonds is 5. The Morgan fingerprint density at radius 3 is 2.20 bits per heavy atom. The van der Waals surface area contributed by atoms with Gasteiger partial charge in [-0.2, -0.15) is 0 Å². The summed E-state index contributed by atoms with van der Waals surface area (Å²) in [6.45, 7) is 3.96. The summed E-state index contributed by atoms with van der Waals surface area (Å²) in [5, 5.41) is 10.2. The standard InChI is InChI=1S/C13H21NO/c1-3-13(15,4-2)12(14)10-11-8-6-5-7-9-11/h5-9,12,15H,3-4,10,14H2,1-2H3. The van der Waals surface area contributed by atoms with Gasteiger partial charge < -0.3 is 10.8 Å². The molecule has 1 aromatic carbocycles. The van der Waals surface area contributed by atoms with Crippen molar-refractivity contribution in [2.24, 2.45) is 5.73 Å². The Morgan fingerprint density at radius 1 is 1.20 bits per heavy atom. The Morgan fingerprint density at radius 2 is 1.73 bits per heavy atom. The molecule has 0 fully saturated rings. The molecule has 15 heavy (non-hydrogen) atoms. The van der Waals surface area contributed by atoms with Crippen molar-refractivity contribution in [3.63, 3.8) is 0 Å². The van der Waals surface area contributed by atoms with E-state index in [1.807, 2.05) is 44.2 Å². The zero-order valence-corrected chi connectivity index (χ0v) is 9.61. The Balaban J connectivity index is 2.66. The largest absolute Gasteiger partial charge is 0.388 e. The molecule has 84 valence electrons. The lowest BCUT2D eigenvalue weighted by Gasteiger charge is -2.32. The normalized spacial score (nSPS) is 13.9. The van der Waals surface area contributed by atoms with Gasteiger partial charge in [-0.15, -0.1) is 0 Å². The van der Waals surface area contributed by atoms with Crippen LogP contribution < -0.4 is 5.73 Å². The molecule has 1 rings (SSSR count). The fourth-order valence-electron chi connectivity index (χ4n) is 1.83. The minimum absolute atomic E-state index is 0.185. The second kappa shape index (κ2) is 5.29. The van der Waals surface area contributed by atoms with Crippen LogP contribution in [-0.2, 0) is 6.42 Å². The van der Waals surface area contributed by atoms with Crippen molar-refractivity contribution in [2.75, 3.05) is 0 Å². The first-order chi connectivity index (χ1) is 7.12. The van der Waals surface area contributed by atoms with Crippen molar-refractivity contribution in [1.29, 1.82) is 0 Å². The van der Waals surface area contributed by atoms with Crippen molar-refractivity contribution >= 4 is 0 Å². The minimum atomic E-state index is -0.726. The van der Waals surface area contributed by atoms with Crippen LogP contribution in [0.25, 0.3) is 0 Å². The highest BCUT2D eigenvalue weighted by atomic mass is 16.3. The molecule has 0 heterocycles. The van der Waals surface area contributed by atoms with Crippen LogP contribution in [0.5, 0.6) is 0 Å². The van der Waals surface area contributed by atoms with Crippen LogP contribution in [0.3, 0.4) is 0 Å². The van der Waals surface area contributed by atoms with E-state index in [9.17, 15) is 5.11 Å². The molecule has 0 saturated carbocycles. The molecule has 0 amide bonds. The third-order valence-corrected chi connectivity index (χ3v) is 3.21. The van der Waals surface area contributed by atoms with Gasteiger partial charge in [0.2, 0.25) is 0 Å². The van der Waals surface area contributed by atoms with Crippen molar-refractivity contribution in [2.45, 2.75) is 44.8 Å². The first-order valence-electron chi connectivity index (χ1n) is 5.64. The Hall–Kier alpha value is -0.860. The topological polar surface area (TPSA) is 46.2 Å². The third-order valence-electron chi connectivity index (χ3n) is 3.21. The molecule has 1 aromatic rings. The summed E-state index contributed by atoms with van der Waals surface area (Å²) in [7, 11) is 0. The van der Waals surface area contributed by atoms with Gasteiger partial charge in [0.1, 0.15) is 0 Å². The average molecular weight is 207 g/mol. The van der Waals surface area contributed by atoms with Gasteiger partial charge in [0.25, 0.3) is 0 Å². The van der Waals surface area contributed by atoms with Gasteiger partial charge in [0.15, 0.2) is 0 Å². The second-order valence-electron chi connectivity index (χ2n) is 4.11. The lowest BCUT2D eigenvalue weighted by Crippen LogP contribution is -2.48. The van der Waals surface area contributed by atoms with Crippen LogP contribution in [0.4, 0.5) is 0 Å². The lowest BCUT2D eigenvalue weighted by atomic mass is 9.85. The van der Waals surface area contributed by atoms with E-state index < -0.39 is 5.60 Å². The molecule has 1 unspecified atom stereocenters. The number of benzene rings is 1. The molecule has 3 N–H and O–H groups in total. The highest BCUT2D eigenvalue weighted by Gasteiger charge is 2.30. The maximum atomic E-state index is 10.2. The van der Waals surface area contributed by atoms with E-state index in [0.29, 0.717) is 12.8 Å². The number of hydrogen-bond donors (Lipinski definition) is 2. The molecular weight excluding hydrogens is 186 g/mol. The maximum Gasteiger partial charge on any atom is 0.0795 e. The average Bonchev–Trinajstić information content (AvgIpc) is 2.29. The van der Waals surface area contributed by atoms with Crippen LogP contribution in [0, 0.1) is 0 Å². The summed E-state index contributed by atoms with van der Waals surface area (Å²) in [6, 6.07) is 9.89. The van der Waals surface area contributed by atoms with E-state index in [-0.39, 0.29) is 6.04 Å². The van der Waals surface area contributed by atoms with E-state index in [2.05, 4.69) is 0 Å². The van der Waals surface area contributed by atoms with Crippen LogP contribution in [-0.4, -0.2) is 16.7 Å². The number of nitrogens with two attached hydrogens (primary N) is 1. The molecule has 0 aliphatic carbocycles. The highest BCUT2D eigenvalue weighted by molar-refractivity contribution is 5.16. The zero-order valence-electron chi connectivity index (χ0n) is 9.61. The van der Waals surface area contributed by atoms with Crippen molar-refractivity contribution in [3.8, 4) is 0 Å². The van der Waals surface area contributed by atoms with Gasteiger partial charge in [-0.05, 0) is 24.8 Å². The first kappa shape index (κ1) is 12.2. The molecular formula is C13H21NO. The van der Waals surface area contributed by atoms with Crippen LogP contribution in [0.15, 0.2) is 30.3 Å². The van der Waals surface area contributed by atoms with Crippen molar-refractivity contribution < 1.29 is 5.11 Å². The van der Waals surface area contributed by atoms with E-state index in [4.69, 9.17) is 5.73 Å². The van der Waals surface area contributed by atoms with Gasteiger partial charge in [0.05, 0.1) is 5.60 Å². The van der Waals surface area contributed by atoms with Crippen LogP contribution in [0.1, 0.15) is 32.3 Å². The smallest absolute Gasteiger partial charge is 0.0795 e. The van der Waals surface area contributed by atoms with Crippen LogP contribution >= 0.6 is 0 Å². The van der Waals surface area contributed by atoms with Gasteiger partial charge in [-0.3, -0.25) is 0 Å². The molecule has 0 aliphatic heterocycles. The van der Waals surface area contributed by atoms with E-state index in [1.165, 1.54) is 5.56 Å². The summed E-state index contributed by atoms with van der Waals surface area (Å²) in [4.78, 5) is 0. The van der Waals surface area contributed by atoms with E-state index >= 15 is 0 Å². The lowest BCUT2D eigenvalue weighted by molar-refractivity contribution is 0.00657. The van der Waals surface area contributed by atoms with Gasteiger partial charge in [-0.25, -0.2) is 0 Å². The van der Waals surface area contributed by atoms with E-state index in [1.54, 1.807) is 0 Å². The number of hydrogen-bond acceptors (Lipinski definition) is 2. The third kappa shape index (κ3) is 3.05. The molecule has 0 aliphatic rings. The van der Waals surface area contributed by atoms with Gasteiger partial charge >= 0.3 is 0 Å². The summed E-state index contributed by atoms with van der Waals surface area (Å²) < 4.78 is 0. The maximum absolute atomic E-state index is 10.2. The first-order valence-corrected chi connectivity index (χ1v) is 5.64. The second-order valence-corrected chi connectivity index (χ2v) is 4.11.